The van der Waals surface area contributed by atoms with Crippen LogP contribution in [0.3, 0.4) is 0 Å². The van der Waals surface area contributed by atoms with Crippen molar-refractivity contribution in [3.05, 3.63) is 82.9 Å². The number of thioether (sulfide) groups is 1. The molecule has 7 heteroatoms. The number of methoxy groups -OCH3 is 1. The van der Waals surface area contributed by atoms with Gasteiger partial charge in [-0.25, -0.2) is 0 Å². The minimum Gasteiger partial charge on any atom is -0.497 e. The summed E-state index contributed by atoms with van der Waals surface area (Å²) in [5, 5.41) is 8.90. The van der Waals surface area contributed by atoms with E-state index in [-0.39, 0.29) is 11.5 Å². The molecule has 0 atom stereocenters. The fraction of sp³-hybridized carbons (Fsp3) is 0.240. The maximum atomic E-state index is 13.1. The highest BCUT2D eigenvalue weighted by Gasteiger charge is 2.18. The Morgan fingerprint density at radius 3 is 2.31 bits per heavy atom. The van der Waals surface area contributed by atoms with E-state index < -0.39 is 0 Å². The van der Waals surface area contributed by atoms with E-state index in [2.05, 4.69) is 46.8 Å². The molecule has 0 saturated carbocycles. The Hall–Kier alpha value is -3.32. The van der Waals surface area contributed by atoms with Crippen LogP contribution in [-0.2, 0) is 0 Å². The first-order valence-electron chi connectivity index (χ1n) is 10.4. The van der Waals surface area contributed by atoms with E-state index in [9.17, 15) is 4.79 Å². The quantitative estimate of drug-likeness (QED) is 0.286. The Balaban J connectivity index is 1.54. The first-order chi connectivity index (χ1) is 15.4. The molecule has 0 aliphatic carbocycles. The third-order valence-corrected chi connectivity index (χ3v) is 6.34. The lowest BCUT2D eigenvalue weighted by Crippen LogP contribution is -2.07. The highest BCUT2D eigenvalue weighted by Crippen LogP contribution is 2.26. The van der Waals surface area contributed by atoms with E-state index in [1.807, 2.05) is 48.7 Å². The van der Waals surface area contributed by atoms with Crippen molar-refractivity contribution in [1.29, 1.82) is 0 Å². The largest absolute Gasteiger partial charge is 0.497 e. The number of rotatable bonds is 7. The van der Waals surface area contributed by atoms with E-state index in [0.717, 1.165) is 34.1 Å². The molecular formula is C25H26N4O2S. The Bertz CT molecular complexity index is 1250. The summed E-state index contributed by atoms with van der Waals surface area (Å²) in [5.74, 6) is 1.14. The SMILES string of the molecule is COc1ccc(-n2cnnc2SCC(=O)c2cc(C)n(-c3cc(C)cc(C)c3)c2C)cc1. The van der Waals surface area contributed by atoms with Crippen LogP contribution < -0.4 is 4.74 Å². The van der Waals surface area contributed by atoms with Gasteiger partial charge in [0, 0.05) is 28.3 Å². The summed E-state index contributed by atoms with van der Waals surface area (Å²) in [6, 6.07) is 16.1. The zero-order chi connectivity index (χ0) is 22.8. The number of carbonyl (C=O) groups is 1. The van der Waals surface area contributed by atoms with Crippen LogP contribution >= 0.6 is 11.8 Å². The fourth-order valence-corrected chi connectivity index (χ4v) is 4.78. The van der Waals surface area contributed by atoms with Crippen molar-refractivity contribution >= 4 is 17.5 Å². The number of hydrogen-bond acceptors (Lipinski definition) is 5. The molecular weight excluding hydrogens is 420 g/mol. The highest BCUT2D eigenvalue weighted by molar-refractivity contribution is 7.99. The molecule has 0 radical (unpaired) electrons. The average Bonchev–Trinajstić information content (AvgIpc) is 3.35. The number of Topliss-reactive ketones (excluding diaryl/α,β-unsaturated/α-hetero) is 1. The van der Waals surface area contributed by atoms with Crippen LogP contribution in [0, 0.1) is 27.7 Å². The predicted molar refractivity (Wildman–Crippen MR) is 128 cm³/mol. The molecule has 0 amide bonds. The van der Waals surface area contributed by atoms with E-state index in [0.29, 0.717) is 5.16 Å². The molecule has 0 spiro atoms. The van der Waals surface area contributed by atoms with E-state index in [4.69, 9.17) is 4.74 Å². The van der Waals surface area contributed by atoms with Gasteiger partial charge in [-0.1, -0.05) is 17.8 Å². The van der Waals surface area contributed by atoms with Crippen LogP contribution in [0.25, 0.3) is 11.4 Å². The van der Waals surface area contributed by atoms with Crippen LogP contribution in [0.4, 0.5) is 0 Å². The van der Waals surface area contributed by atoms with Crippen LogP contribution in [0.5, 0.6) is 5.75 Å². The first-order valence-corrected chi connectivity index (χ1v) is 11.3. The van der Waals surface area contributed by atoms with Gasteiger partial charge in [0.15, 0.2) is 10.9 Å². The molecule has 0 aliphatic heterocycles. The van der Waals surface area contributed by atoms with Gasteiger partial charge in [-0.3, -0.25) is 9.36 Å². The van der Waals surface area contributed by atoms with Crippen LogP contribution in [0.1, 0.15) is 32.9 Å². The number of ketones is 1. The Morgan fingerprint density at radius 2 is 1.66 bits per heavy atom. The fourth-order valence-electron chi connectivity index (χ4n) is 3.97. The smallest absolute Gasteiger partial charge is 0.196 e. The first kappa shape index (κ1) is 21.9. The van der Waals surface area contributed by atoms with E-state index in [1.165, 1.54) is 22.9 Å². The van der Waals surface area contributed by atoms with Gasteiger partial charge in [0.1, 0.15) is 12.1 Å². The van der Waals surface area contributed by atoms with Crippen molar-refractivity contribution in [1.82, 2.24) is 19.3 Å². The van der Waals surface area contributed by atoms with Gasteiger partial charge in [0.25, 0.3) is 0 Å². The van der Waals surface area contributed by atoms with E-state index in [1.54, 1.807) is 13.4 Å². The van der Waals surface area contributed by atoms with Crippen molar-refractivity contribution in [2.75, 3.05) is 12.9 Å². The van der Waals surface area contributed by atoms with Crippen molar-refractivity contribution in [2.24, 2.45) is 0 Å². The third-order valence-electron chi connectivity index (χ3n) is 5.40. The summed E-state index contributed by atoms with van der Waals surface area (Å²) < 4.78 is 9.24. The van der Waals surface area contributed by atoms with Gasteiger partial charge in [-0.15, -0.1) is 10.2 Å². The molecule has 0 aliphatic rings. The molecule has 2 aromatic carbocycles. The van der Waals surface area contributed by atoms with Gasteiger partial charge in [0.05, 0.1) is 12.9 Å². The van der Waals surface area contributed by atoms with E-state index >= 15 is 0 Å². The van der Waals surface area contributed by atoms with Gasteiger partial charge in [-0.05, 0) is 81.3 Å². The topological polar surface area (TPSA) is 61.9 Å². The van der Waals surface area contributed by atoms with Crippen molar-refractivity contribution in [2.45, 2.75) is 32.9 Å². The molecule has 32 heavy (non-hydrogen) atoms. The summed E-state index contributed by atoms with van der Waals surface area (Å²) >= 11 is 1.39. The molecule has 164 valence electrons. The van der Waals surface area contributed by atoms with Gasteiger partial charge < -0.3 is 9.30 Å². The number of aromatic nitrogens is 4. The zero-order valence-corrected chi connectivity index (χ0v) is 19.7. The molecule has 0 saturated heterocycles. The normalized spacial score (nSPS) is 11.0. The molecule has 4 aromatic rings. The molecule has 0 fully saturated rings. The molecule has 0 unspecified atom stereocenters. The monoisotopic (exact) mass is 446 g/mol. The van der Waals surface area contributed by atoms with Crippen molar-refractivity contribution in [3.8, 4) is 17.1 Å². The number of benzene rings is 2. The lowest BCUT2D eigenvalue weighted by Gasteiger charge is -2.12. The number of hydrogen-bond donors (Lipinski definition) is 0. The highest BCUT2D eigenvalue weighted by atomic mass is 32.2. The number of carbonyl (C=O) groups excluding carboxylic acids is 1. The minimum atomic E-state index is 0.0722. The molecule has 4 rings (SSSR count). The lowest BCUT2D eigenvalue weighted by molar-refractivity contribution is 0.102. The van der Waals surface area contributed by atoms with Gasteiger partial charge in [-0.2, -0.15) is 0 Å². The molecule has 0 bridgehead atoms. The summed E-state index contributed by atoms with van der Waals surface area (Å²) in [4.78, 5) is 13.1. The summed E-state index contributed by atoms with van der Waals surface area (Å²) in [7, 11) is 1.64. The zero-order valence-electron chi connectivity index (χ0n) is 18.9. The standard InChI is InChI=1S/C25H26N4O2S/c1-16-10-17(2)12-21(11-16)29-18(3)13-23(19(29)4)24(30)14-32-25-27-26-15-28(25)20-6-8-22(31-5)9-7-20/h6-13,15H,14H2,1-5H3. The van der Waals surface area contributed by atoms with Gasteiger partial charge in [0.2, 0.25) is 0 Å². The molecule has 2 heterocycles. The van der Waals surface area contributed by atoms with Crippen molar-refractivity contribution in [3.63, 3.8) is 0 Å². The Morgan fingerprint density at radius 1 is 0.969 bits per heavy atom. The summed E-state index contributed by atoms with van der Waals surface area (Å²) in [5.41, 5.74) is 7.14. The molecule has 0 N–H and O–H groups in total. The third kappa shape index (κ3) is 4.34. The average molecular weight is 447 g/mol. The minimum absolute atomic E-state index is 0.0722. The second kappa shape index (κ2) is 9.04. The lowest BCUT2D eigenvalue weighted by atomic mass is 10.1. The molecule has 2 aromatic heterocycles. The van der Waals surface area contributed by atoms with Crippen LogP contribution in [0.15, 0.2) is 60.0 Å². The summed E-state index contributed by atoms with van der Waals surface area (Å²) in [6.45, 7) is 8.22. The van der Waals surface area contributed by atoms with Crippen LogP contribution in [-0.4, -0.2) is 38.0 Å². The Labute approximate surface area is 192 Å². The predicted octanol–water partition coefficient (Wildman–Crippen LogP) is 5.28. The Kier molecular flexibility index (Phi) is 6.19. The number of aryl methyl sites for hydroxylation is 3. The second-order valence-electron chi connectivity index (χ2n) is 7.86. The summed E-state index contributed by atoms with van der Waals surface area (Å²) in [6.07, 6.45) is 1.65. The van der Waals surface area contributed by atoms with Crippen molar-refractivity contribution < 1.29 is 9.53 Å². The second-order valence-corrected chi connectivity index (χ2v) is 8.80. The molecule has 6 nitrogen and oxygen atoms in total. The number of nitrogens with zero attached hydrogens (tertiary/aromatic N) is 4. The van der Waals surface area contributed by atoms with Gasteiger partial charge >= 0.3 is 0 Å². The number of ether oxygens (including phenoxy) is 1. The van der Waals surface area contributed by atoms with Crippen LogP contribution in [0.2, 0.25) is 0 Å². The maximum Gasteiger partial charge on any atom is 0.196 e. The maximum absolute atomic E-state index is 13.1.